The standard InChI is InChI=1S/C10H16BNO2S/c1-7-12-6-8(15-7)11-13-9(2,3)10(4,5)14-11/h6H,1-5H3/i1D3. The quantitative estimate of drug-likeness (QED) is 0.686. The minimum Gasteiger partial charge on any atom is -0.399 e. The molecule has 1 fully saturated rings. The number of nitrogens with zero attached hydrogens (tertiary/aromatic N) is 1. The second-order valence-electron chi connectivity index (χ2n) is 4.66. The van der Waals surface area contributed by atoms with E-state index in [2.05, 4.69) is 4.98 Å². The lowest BCUT2D eigenvalue weighted by atomic mass is 9.89. The Morgan fingerprint density at radius 2 is 1.93 bits per heavy atom. The van der Waals surface area contributed by atoms with Gasteiger partial charge in [0.25, 0.3) is 0 Å². The zero-order valence-electron chi connectivity index (χ0n) is 12.3. The third-order valence-corrected chi connectivity index (χ3v) is 3.84. The smallest absolute Gasteiger partial charge is 0.399 e. The van der Waals surface area contributed by atoms with Crippen molar-refractivity contribution in [1.29, 1.82) is 0 Å². The molecule has 2 rings (SSSR count). The predicted molar refractivity (Wildman–Crippen MR) is 62.6 cm³/mol. The molecule has 3 nitrogen and oxygen atoms in total. The van der Waals surface area contributed by atoms with Gasteiger partial charge in [0.2, 0.25) is 0 Å². The summed E-state index contributed by atoms with van der Waals surface area (Å²) >= 11 is 1.11. The molecule has 1 aromatic heterocycles. The van der Waals surface area contributed by atoms with Crippen LogP contribution >= 0.6 is 11.3 Å². The topological polar surface area (TPSA) is 31.4 Å². The molecule has 1 saturated heterocycles. The van der Waals surface area contributed by atoms with Crippen molar-refractivity contribution in [2.75, 3.05) is 0 Å². The maximum Gasteiger partial charge on any atom is 0.507 e. The van der Waals surface area contributed by atoms with Gasteiger partial charge in [0.05, 0.1) is 21.0 Å². The summed E-state index contributed by atoms with van der Waals surface area (Å²) < 4.78 is 34.3. The molecular weight excluding hydrogens is 209 g/mol. The van der Waals surface area contributed by atoms with Gasteiger partial charge in [0.1, 0.15) is 0 Å². The molecule has 0 amide bonds. The Hall–Kier alpha value is -0.385. The Morgan fingerprint density at radius 3 is 2.40 bits per heavy atom. The number of thiazole rings is 1. The SMILES string of the molecule is [2H]C([2H])([2H])c1ncc(B2OC(C)(C)C(C)(C)O2)s1. The van der Waals surface area contributed by atoms with Crippen LogP contribution in [0.15, 0.2) is 6.20 Å². The summed E-state index contributed by atoms with van der Waals surface area (Å²) in [6.07, 6.45) is 1.52. The lowest BCUT2D eigenvalue weighted by Crippen LogP contribution is -2.41. The van der Waals surface area contributed by atoms with Crippen LogP contribution in [0.25, 0.3) is 0 Å². The largest absolute Gasteiger partial charge is 0.507 e. The van der Waals surface area contributed by atoms with Crippen LogP contribution in [-0.2, 0) is 9.31 Å². The van der Waals surface area contributed by atoms with Crippen LogP contribution in [0.5, 0.6) is 0 Å². The molecule has 82 valence electrons. The van der Waals surface area contributed by atoms with Crippen LogP contribution in [0, 0.1) is 6.85 Å². The summed E-state index contributed by atoms with van der Waals surface area (Å²) in [6, 6.07) is 0. The maximum absolute atomic E-state index is 7.31. The molecule has 5 heteroatoms. The molecule has 1 aromatic rings. The van der Waals surface area contributed by atoms with Crippen LogP contribution in [0.4, 0.5) is 0 Å². The average molecular weight is 228 g/mol. The van der Waals surface area contributed by atoms with E-state index in [9.17, 15) is 0 Å². The van der Waals surface area contributed by atoms with Gasteiger partial charge in [-0.05, 0) is 34.5 Å². The molecule has 0 bridgehead atoms. The Kier molecular flexibility index (Phi) is 1.72. The summed E-state index contributed by atoms with van der Waals surface area (Å²) in [5.74, 6) is 0. The molecule has 2 heterocycles. The number of hydrogen-bond donors (Lipinski definition) is 0. The highest BCUT2D eigenvalue weighted by atomic mass is 32.1. The van der Waals surface area contributed by atoms with Crippen molar-refractivity contribution >= 4 is 23.2 Å². The lowest BCUT2D eigenvalue weighted by Gasteiger charge is -2.32. The molecular formula is C10H16BNO2S. The van der Waals surface area contributed by atoms with E-state index in [1.165, 1.54) is 6.20 Å². The zero-order valence-corrected chi connectivity index (χ0v) is 10.1. The van der Waals surface area contributed by atoms with Crippen LogP contribution in [0.2, 0.25) is 0 Å². The first-order chi connectivity index (χ1) is 8.03. The van der Waals surface area contributed by atoms with E-state index in [-0.39, 0.29) is 5.01 Å². The van der Waals surface area contributed by atoms with E-state index >= 15 is 0 Å². The molecule has 0 saturated carbocycles. The van der Waals surface area contributed by atoms with Crippen molar-refractivity contribution < 1.29 is 13.4 Å². The van der Waals surface area contributed by atoms with E-state index in [1.807, 2.05) is 27.7 Å². The van der Waals surface area contributed by atoms with Gasteiger partial charge in [0, 0.05) is 10.3 Å². The zero-order chi connectivity index (χ0) is 13.8. The van der Waals surface area contributed by atoms with Crippen LogP contribution in [0.1, 0.15) is 36.8 Å². The Labute approximate surface area is 99.2 Å². The van der Waals surface area contributed by atoms with Gasteiger partial charge in [-0.3, -0.25) is 4.98 Å². The summed E-state index contributed by atoms with van der Waals surface area (Å²) in [6.45, 7) is 5.65. The fourth-order valence-corrected chi connectivity index (χ4v) is 1.98. The first kappa shape index (κ1) is 7.82. The Morgan fingerprint density at radius 1 is 1.33 bits per heavy atom. The van der Waals surface area contributed by atoms with Gasteiger partial charge in [-0.15, -0.1) is 11.3 Å². The van der Waals surface area contributed by atoms with Crippen LogP contribution in [0.3, 0.4) is 0 Å². The molecule has 1 aliphatic rings. The summed E-state index contributed by atoms with van der Waals surface area (Å²) in [7, 11) is -0.538. The highest BCUT2D eigenvalue weighted by Crippen LogP contribution is 2.36. The maximum atomic E-state index is 7.31. The lowest BCUT2D eigenvalue weighted by molar-refractivity contribution is 0.00578. The van der Waals surface area contributed by atoms with Gasteiger partial charge in [-0.1, -0.05) is 0 Å². The van der Waals surface area contributed by atoms with Crippen molar-refractivity contribution in [1.82, 2.24) is 4.98 Å². The van der Waals surface area contributed by atoms with Crippen molar-refractivity contribution in [3.63, 3.8) is 0 Å². The van der Waals surface area contributed by atoms with Crippen LogP contribution < -0.4 is 4.78 Å². The fraction of sp³-hybridized carbons (Fsp3) is 0.700. The van der Waals surface area contributed by atoms with Crippen LogP contribution in [-0.4, -0.2) is 23.3 Å². The number of aryl methyl sites for hydroxylation is 1. The number of aromatic nitrogens is 1. The minimum absolute atomic E-state index is 0.118. The normalized spacial score (nSPS) is 27.2. The average Bonchev–Trinajstić information content (AvgIpc) is 2.69. The van der Waals surface area contributed by atoms with Gasteiger partial charge < -0.3 is 9.31 Å². The van der Waals surface area contributed by atoms with Crippen molar-refractivity contribution in [2.24, 2.45) is 0 Å². The van der Waals surface area contributed by atoms with E-state index < -0.39 is 25.2 Å². The first-order valence-electron chi connectivity index (χ1n) is 6.35. The highest BCUT2D eigenvalue weighted by molar-refractivity contribution is 7.22. The molecule has 1 aliphatic heterocycles. The van der Waals surface area contributed by atoms with Crippen molar-refractivity contribution in [3.05, 3.63) is 11.2 Å². The third kappa shape index (κ3) is 1.84. The minimum atomic E-state index is -2.17. The van der Waals surface area contributed by atoms with Gasteiger partial charge in [0.15, 0.2) is 0 Å². The fourth-order valence-electron chi connectivity index (χ4n) is 1.35. The predicted octanol–water partition coefficient (Wildman–Crippen LogP) is 1.75. The Balaban J connectivity index is 2.23. The summed E-state index contributed by atoms with van der Waals surface area (Å²) in [5.41, 5.74) is -0.858. The molecule has 0 N–H and O–H groups in total. The van der Waals surface area contributed by atoms with Crippen molar-refractivity contribution in [2.45, 2.75) is 45.7 Å². The van der Waals surface area contributed by atoms with Crippen molar-refractivity contribution in [3.8, 4) is 0 Å². The molecule has 0 spiro atoms. The number of rotatable bonds is 1. The molecule has 15 heavy (non-hydrogen) atoms. The van der Waals surface area contributed by atoms with E-state index in [4.69, 9.17) is 13.4 Å². The van der Waals surface area contributed by atoms with E-state index in [1.54, 1.807) is 0 Å². The first-order valence-corrected chi connectivity index (χ1v) is 5.66. The molecule has 0 atom stereocenters. The van der Waals surface area contributed by atoms with Gasteiger partial charge >= 0.3 is 7.12 Å². The second kappa shape index (κ2) is 3.30. The number of hydrogen-bond acceptors (Lipinski definition) is 4. The second-order valence-corrected chi connectivity index (χ2v) is 5.72. The van der Waals surface area contributed by atoms with Gasteiger partial charge in [-0.2, -0.15) is 0 Å². The van der Waals surface area contributed by atoms with Gasteiger partial charge in [-0.25, -0.2) is 0 Å². The Bertz CT molecular complexity index is 442. The van der Waals surface area contributed by atoms with E-state index in [0.29, 0.717) is 4.78 Å². The third-order valence-electron chi connectivity index (χ3n) is 3.01. The summed E-state index contributed by atoms with van der Waals surface area (Å²) in [4.78, 5) is 3.92. The molecule has 0 aliphatic carbocycles. The molecule has 0 aromatic carbocycles. The molecule has 0 unspecified atom stereocenters. The van der Waals surface area contributed by atoms with E-state index in [0.717, 1.165) is 11.3 Å². The summed E-state index contributed by atoms with van der Waals surface area (Å²) in [5, 5.41) is 0.118. The monoisotopic (exact) mass is 228 g/mol. The molecule has 0 radical (unpaired) electrons. The highest BCUT2D eigenvalue weighted by Gasteiger charge is 2.52.